The van der Waals surface area contributed by atoms with E-state index >= 15 is 0 Å². The molecule has 6 nitrogen and oxygen atoms in total. The Hall–Kier alpha value is -1.14. The summed E-state index contributed by atoms with van der Waals surface area (Å²) >= 11 is 0. The quantitative estimate of drug-likeness (QED) is 0.672. The molecule has 0 bridgehead atoms. The molecule has 1 aliphatic rings. The van der Waals surface area contributed by atoms with E-state index in [1.54, 1.807) is 4.90 Å². The van der Waals surface area contributed by atoms with Gasteiger partial charge in [0.05, 0.1) is 6.61 Å². The fourth-order valence-electron chi connectivity index (χ4n) is 2.03. The van der Waals surface area contributed by atoms with E-state index in [1.807, 2.05) is 0 Å². The van der Waals surface area contributed by atoms with Gasteiger partial charge in [-0.1, -0.05) is 0 Å². The zero-order chi connectivity index (χ0) is 13.8. The summed E-state index contributed by atoms with van der Waals surface area (Å²) in [5.41, 5.74) is -1.37. The maximum atomic E-state index is 12.2. The average molecular weight is 258 g/mol. The number of aliphatic hydroxyl groups excluding tert-OH is 1. The van der Waals surface area contributed by atoms with Gasteiger partial charge in [0.15, 0.2) is 0 Å². The fraction of sp³-hybridized carbons (Fsp3) is 0.833. The van der Waals surface area contributed by atoms with Crippen molar-refractivity contribution in [1.82, 2.24) is 9.80 Å². The second kappa shape index (κ2) is 6.15. The summed E-state index contributed by atoms with van der Waals surface area (Å²) in [6.07, 6.45) is 0.807. The molecule has 104 valence electrons. The Morgan fingerprint density at radius 1 is 1.17 bits per heavy atom. The van der Waals surface area contributed by atoms with Crippen LogP contribution in [-0.2, 0) is 9.59 Å². The van der Waals surface area contributed by atoms with Crippen LogP contribution < -0.4 is 0 Å². The minimum atomic E-state index is -1.37. The summed E-state index contributed by atoms with van der Waals surface area (Å²) in [5.74, 6) is -1.43. The summed E-state index contributed by atoms with van der Waals surface area (Å²) in [4.78, 5) is 26.9. The van der Waals surface area contributed by atoms with Crippen molar-refractivity contribution in [2.24, 2.45) is 5.41 Å². The molecule has 1 rings (SSSR count). The van der Waals surface area contributed by atoms with Crippen molar-refractivity contribution < 1.29 is 19.8 Å². The van der Waals surface area contributed by atoms with Gasteiger partial charge in [0.1, 0.15) is 5.41 Å². The number of hydrogen-bond donors (Lipinski definition) is 2. The smallest absolute Gasteiger partial charge is 0.318 e. The molecule has 1 saturated heterocycles. The molecule has 1 amide bonds. The van der Waals surface area contributed by atoms with Crippen LogP contribution in [0.4, 0.5) is 0 Å². The first-order valence-corrected chi connectivity index (χ1v) is 6.25. The second-order valence-electron chi connectivity index (χ2n) is 5.14. The highest BCUT2D eigenvalue weighted by molar-refractivity contribution is 6.00. The number of carboxylic acid groups (broad SMARTS) is 1. The first-order chi connectivity index (χ1) is 8.39. The topological polar surface area (TPSA) is 81.1 Å². The van der Waals surface area contributed by atoms with Crippen molar-refractivity contribution in [1.29, 1.82) is 0 Å². The molecule has 0 aromatic carbocycles. The molecule has 18 heavy (non-hydrogen) atoms. The molecular formula is C12H22N2O4. The van der Waals surface area contributed by atoms with Crippen LogP contribution in [0.1, 0.15) is 20.3 Å². The first kappa shape index (κ1) is 14.9. The first-order valence-electron chi connectivity index (χ1n) is 6.25. The number of aliphatic carboxylic acids is 1. The van der Waals surface area contributed by atoms with Crippen molar-refractivity contribution in [3.63, 3.8) is 0 Å². The number of aliphatic hydroxyl groups is 1. The van der Waals surface area contributed by atoms with Gasteiger partial charge in [-0.05, 0) is 26.8 Å². The number of amides is 1. The van der Waals surface area contributed by atoms with Gasteiger partial charge in [0.25, 0.3) is 0 Å². The lowest BCUT2D eigenvalue weighted by molar-refractivity contribution is -0.158. The molecule has 0 spiro atoms. The van der Waals surface area contributed by atoms with Gasteiger partial charge >= 0.3 is 5.97 Å². The zero-order valence-corrected chi connectivity index (χ0v) is 11.1. The Morgan fingerprint density at radius 3 is 2.39 bits per heavy atom. The van der Waals surface area contributed by atoms with Crippen LogP contribution in [0.15, 0.2) is 0 Å². The van der Waals surface area contributed by atoms with Crippen molar-refractivity contribution in [3.8, 4) is 0 Å². The largest absolute Gasteiger partial charge is 0.480 e. The Bertz CT molecular complexity index is 317. The second-order valence-corrected chi connectivity index (χ2v) is 5.14. The minimum Gasteiger partial charge on any atom is -0.480 e. The molecule has 6 heteroatoms. The monoisotopic (exact) mass is 258 g/mol. The summed E-state index contributed by atoms with van der Waals surface area (Å²) < 4.78 is 0. The summed E-state index contributed by atoms with van der Waals surface area (Å²) in [5, 5.41) is 17.9. The normalized spacial score (nSPS) is 18.5. The van der Waals surface area contributed by atoms with E-state index < -0.39 is 11.4 Å². The summed E-state index contributed by atoms with van der Waals surface area (Å²) in [6.45, 7) is 6.20. The summed E-state index contributed by atoms with van der Waals surface area (Å²) in [7, 11) is 0. The molecule has 0 radical (unpaired) electrons. The van der Waals surface area contributed by atoms with Gasteiger partial charge in [-0.25, -0.2) is 0 Å². The number of hydrogen-bond acceptors (Lipinski definition) is 4. The van der Waals surface area contributed by atoms with Gasteiger partial charge in [-0.2, -0.15) is 0 Å². The molecule has 0 aromatic heterocycles. The van der Waals surface area contributed by atoms with E-state index in [-0.39, 0.29) is 12.5 Å². The average Bonchev–Trinajstić information content (AvgIpc) is 2.54. The van der Waals surface area contributed by atoms with E-state index in [4.69, 9.17) is 10.2 Å². The van der Waals surface area contributed by atoms with Gasteiger partial charge in [-0.3, -0.25) is 14.5 Å². The van der Waals surface area contributed by atoms with Gasteiger partial charge < -0.3 is 15.1 Å². The molecule has 0 aromatic rings. The van der Waals surface area contributed by atoms with E-state index in [0.29, 0.717) is 26.2 Å². The minimum absolute atomic E-state index is 0.106. The van der Waals surface area contributed by atoms with E-state index in [2.05, 4.69) is 4.90 Å². The number of nitrogens with zero attached hydrogens (tertiary/aromatic N) is 2. The standard InChI is InChI=1S/C12H22N2O4/c1-12(2,11(17)18)10(16)14-5-3-4-13(6-7-14)8-9-15/h15H,3-9H2,1-2H3,(H,17,18). The van der Waals surface area contributed by atoms with Crippen molar-refractivity contribution in [2.75, 3.05) is 39.3 Å². The highest BCUT2D eigenvalue weighted by atomic mass is 16.4. The van der Waals surface area contributed by atoms with Crippen LogP contribution in [0.5, 0.6) is 0 Å². The highest BCUT2D eigenvalue weighted by Gasteiger charge is 2.39. The number of β-amino-alcohol motifs (C(OH)–C–C–N with tert-alkyl or cyclic N) is 1. The predicted molar refractivity (Wildman–Crippen MR) is 66.1 cm³/mol. The van der Waals surface area contributed by atoms with E-state index in [9.17, 15) is 9.59 Å². The molecule has 2 N–H and O–H groups in total. The van der Waals surface area contributed by atoms with Gasteiger partial charge in [-0.15, -0.1) is 0 Å². The van der Waals surface area contributed by atoms with Crippen molar-refractivity contribution in [2.45, 2.75) is 20.3 Å². The van der Waals surface area contributed by atoms with E-state index in [0.717, 1.165) is 13.0 Å². The third-order valence-electron chi connectivity index (χ3n) is 3.36. The number of carbonyl (C=O) groups excluding carboxylic acids is 1. The van der Waals surface area contributed by atoms with E-state index in [1.165, 1.54) is 13.8 Å². The molecule has 0 saturated carbocycles. The lowest BCUT2D eigenvalue weighted by Crippen LogP contribution is -2.46. The van der Waals surface area contributed by atoms with Gasteiger partial charge in [0, 0.05) is 26.2 Å². The maximum Gasteiger partial charge on any atom is 0.318 e. The molecule has 0 unspecified atom stereocenters. The fourth-order valence-corrected chi connectivity index (χ4v) is 2.03. The molecule has 1 aliphatic heterocycles. The zero-order valence-electron chi connectivity index (χ0n) is 11.1. The van der Waals surface area contributed by atoms with Crippen molar-refractivity contribution >= 4 is 11.9 Å². The molecular weight excluding hydrogens is 236 g/mol. The molecule has 1 fully saturated rings. The molecule has 0 aliphatic carbocycles. The highest BCUT2D eigenvalue weighted by Crippen LogP contribution is 2.20. The maximum absolute atomic E-state index is 12.2. The molecule has 1 heterocycles. The Kier molecular flexibility index (Phi) is 5.10. The Labute approximate surface area is 107 Å². The summed E-state index contributed by atoms with van der Waals surface area (Å²) in [6, 6.07) is 0. The van der Waals surface area contributed by atoms with Crippen LogP contribution in [0.2, 0.25) is 0 Å². The third-order valence-corrected chi connectivity index (χ3v) is 3.36. The predicted octanol–water partition coefficient (Wildman–Crippen LogP) is -0.376. The van der Waals surface area contributed by atoms with Crippen LogP contribution >= 0.6 is 0 Å². The number of rotatable bonds is 4. The van der Waals surface area contributed by atoms with Gasteiger partial charge in [0.2, 0.25) is 5.91 Å². The van der Waals surface area contributed by atoms with Crippen LogP contribution in [0.3, 0.4) is 0 Å². The van der Waals surface area contributed by atoms with Crippen LogP contribution in [0.25, 0.3) is 0 Å². The number of carboxylic acids is 1. The Morgan fingerprint density at radius 2 is 1.83 bits per heavy atom. The Balaban J connectivity index is 2.63. The SMILES string of the molecule is CC(C)(C(=O)O)C(=O)N1CCCN(CCO)CC1. The lowest BCUT2D eigenvalue weighted by Gasteiger charge is -2.28. The van der Waals surface area contributed by atoms with Crippen molar-refractivity contribution in [3.05, 3.63) is 0 Å². The van der Waals surface area contributed by atoms with Crippen LogP contribution in [0, 0.1) is 5.41 Å². The third kappa shape index (κ3) is 3.43. The van der Waals surface area contributed by atoms with Crippen LogP contribution in [-0.4, -0.2) is 71.2 Å². The lowest BCUT2D eigenvalue weighted by atomic mass is 9.92. The molecule has 0 atom stereocenters. The number of carbonyl (C=O) groups is 2.